The number of benzene rings is 2. The van der Waals surface area contributed by atoms with E-state index in [0.717, 1.165) is 4.31 Å². The van der Waals surface area contributed by atoms with Crippen molar-refractivity contribution in [2.24, 2.45) is 0 Å². The van der Waals surface area contributed by atoms with E-state index < -0.39 is 21.5 Å². The molecule has 10 heteroatoms. The predicted molar refractivity (Wildman–Crippen MR) is 104 cm³/mol. The van der Waals surface area contributed by atoms with E-state index in [9.17, 15) is 18.0 Å². The summed E-state index contributed by atoms with van der Waals surface area (Å²) < 4.78 is 31.2. The van der Waals surface area contributed by atoms with Crippen LogP contribution in [0.15, 0.2) is 52.2 Å². The number of nitrogens with zero attached hydrogens (tertiary/aromatic N) is 2. The van der Waals surface area contributed by atoms with Gasteiger partial charge < -0.3 is 10.1 Å². The molecule has 3 rings (SSSR count). The number of sulfonamides is 1. The van der Waals surface area contributed by atoms with E-state index >= 15 is 0 Å². The summed E-state index contributed by atoms with van der Waals surface area (Å²) in [6.45, 7) is 0. The van der Waals surface area contributed by atoms with Crippen LogP contribution < -0.4 is 15.6 Å². The number of anilines is 1. The SMILES string of the molecule is COc1ccc(NC(=O)c2n[nH]c(=O)c3ccccc23)cc1S(=O)(=O)N(C)C. The Morgan fingerprint density at radius 1 is 1.14 bits per heavy atom. The highest BCUT2D eigenvalue weighted by Gasteiger charge is 2.23. The van der Waals surface area contributed by atoms with Crippen molar-refractivity contribution >= 4 is 32.4 Å². The second-order valence-electron chi connectivity index (χ2n) is 6.05. The highest BCUT2D eigenvalue weighted by molar-refractivity contribution is 7.89. The molecule has 1 heterocycles. The summed E-state index contributed by atoms with van der Waals surface area (Å²) in [4.78, 5) is 24.5. The number of rotatable bonds is 5. The molecular weight excluding hydrogens is 384 g/mol. The molecule has 0 aliphatic heterocycles. The van der Waals surface area contributed by atoms with Crippen LogP contribution in [0, 0.1) is 0 Å². The first-order valence-electron chi connectivity index (χ1n) is 8.15. The Bertz CT molecular complexity index is 1220. The largest absolute Gasteiger partial charge is 0.495 e. The van der Waals surface area contributed by atoms with E-state index in [-0.39, 0.29) is 22.0 Å². The van der Waals surface area contributed by atoms with Crippen molar-refractivity contribution in [2.45, 2.75) is 4.90 Å². The number of aromatic nitrogens is 2. The van der Waals surface area contributed by atoms with Crippen molar-refractivity contribution in [3.63, 3.8) is 0 Å². The molecule has 0 aliphatic carbocycles. The topological polar surface area (TPSA) is 121 Å². The third-order valence-electron chi connectivity index (χ3n) is 4.09. The molecule has 2 N–H and O–H groups in total. The molecule has 0 aliphatic rings. The van der Waals surface area contributed by atoms with Gasteiger partial charge in [0.2, 0.25) is 10.0 Å². The molecule has 0 fully saturated rings. The Morgan fingerprint density at radius 2 is 1.82 bits per heavy atom. The Balaban J connectivity index is 2.03. The highest BCUT2D eigenvalue weighted by atomic mass is 32.2. The first-order chi connectivity index (χ1) is 13.3. The summed E-state index contributed by atoms with van der Waals surface area (Å²) in [7, 11) is 0.369. The van der Waals surface area contributed by atoms with Crippen LogP contribution in [-0.4, -0.2) is 50.0 Å². The number of ether oxygens (including phenoxy) is 1. The summed E-state index contributed by atoms with van der Waals surface area (Å²) in [5.74, 6) is -0.440. The van der Waals surface area contributed by atoms with Crippen molar-refractivity contribution in [3.8, 4) is 5.75 Å². The molecule has 1 aromatic heterocycles. The maximum Gasteiger partial charge on any atom is 0.276 e. The van der Waals surface area contributed by atoms with Crippen LogP contribution in [0.4, 0.5) is 5.69 Å². The van der Waals surface area contributed by atoms with Gasteiger partial charge in [-0.2, -0.15) is 5.10 Å². The molecule has 0 bridgehead atoms. The molecule has 0 saturated heterocycles. The third kappa shape index (κ3) is 3.47. The Kier molecular flexibility index (Phi) is 5.16. The van der Waals surface area contributed by atoms with E-state index in [2.05, 4.69) is 15.5 Å². The van der Waals surface area contributed by atoms with Crippen molar-refractivity contribution in [1.82, 2.24) is 14.5 Å². The molecule has 0 spiro atoms. The summed E-state index contributed by atoms with van der Waals surface area (Å²) in [6.07, 6.45) is 0. The highest BCUT2D eigenvalue weighted by Crippen LogP contribution is 2.29. The minimum absolute atomic E-state index is 0.0167. The first-order valence-corrected chi connectivity index (χ1v) is 9.59. The molecule has 3 aromatic rings. The molecule has 146 valence electrons. The zero-order valence-electron chi connectivity index (χ0n) is 15.4. The number of hydrogen-bond acceptors (Lipinski definition) is 6. The molecule has 2 aromatic carbocycles. The fraction of sp³-hybridized carbons (Fsp3) is 0.167. The van der Waals surface area contributed by atoms with Crippen molar-refractivity contribution < 1.29 is 17.9 Å². The summed E-state index contributed by atoms with van der Waals surface area (Å²) in [6, 6.07) is 10.8. The van der Waals surface area contributed by atoms with Crippen LogP contribution in [-0.2, 0) is 10.0 Å². The van der Waals surface area contributed by atoms with Gasteiger partial charge in [0.1, 0.15) is 10.6 Å². The average Bonchev–Trinajstić information content (AvgIpc) is 2.68. The van der Waals surface area contributed by atoms with Crippen molar-refractivity contribution in [2.75, 3.05) is 26.5 Å². The third-order valence-corrected chi connectivity index (χ3v) is 5.93. The van der Waals surface area contributed by atoms with E-state index in [1.807, 2.05) is 0 Å². The lowest BCUT2D eigenvalue weighted by molar-refractivity contribution is 0.102. The molecule has 0 saturated carbocycles. The monoisotopic (exact) mass is 402 g/mol. The standard InChI is InChI=1S/C18H18N4O5S/c1-22(2)28(25,26)15-10-11(8-9-14(15)27-3)19-18(24)16-12-6-4-5-7-13(12)17(23)21-20-16/h4-10H,1-3H3,(H,19,24)(H,21,23). The van der Waals surface area contributed by atoms with Crippen LogP contribution in [0.5, 0.6) is 5.75 Å². The maximum atomic E-state index is 12.7. The molecule has 0 atom stereocenters. The van der Waals surface area contributed by atoms with Gasteiger partial charge in [0.15, 0.2) is 5.69 Å². The predicted octanol–water partition coefficient (Wildman–Crippen LogP) is 1.43. The van der Waals surface area contributed by atoms with Crippen LogP contribution >= 0.6 is 0 Å². The number of carbonyl (C=O) groups excluding carboxylic acids is 1. The number of fused-ring (bicyclic) bond motifs is 1. The molecule has 0 radical (unpaired) electrons. The number of H-pyrrole nitrogens is 1. The molecule has 1 amide bonds. The second-order valence-corrected chi connectivity index (χ2v) is 8.17. The van der Waals surface area contributed by atoms with E-state index in [1.54, 1.807) is 24.3 Å². The zero-order valence-corrected chi connectivity index (χ0v) is 16.2. The molecular formula is C18H18N4O5S. The average molecular weight is 402 g/mol. The van der Waals surface area contributed by atoms with Gasteiger partial charge in [0.25, 0.3) is 11.5 Å². The summed E-state index contributed by atoms with van der Waals surface area (Å²) in [5.41, 5.74) is -0.151. The lowest BCUT2D eigenvalue weighted by Crippen LogP contribution is -2.23. The van der Waals surface area contributed by atoms with Crippen LogP contribution in [0.1, 0.15) is 10.5 Å². The van der Waals surface area contributed by atoms with Gasteiger partial charge >= 0.3 is 0 Å². The lowest BCUT2D eigenvalue weighted by atomic mass is 10.1. The number of nitrogens with one attached hydrogen (secondary N) is 2. The van der Waals surface area contributed by atoms with Gasteiger partial charge in [-0.25, -0.2) is 17.8 Å². The van der Waals surface area contributed by atoms with Crippen LogP contribution in [0.2, 0.25) is 0 Å². The Hall–Kier alpha value is -3.24. The van der Waals surface area contributed by atoms with Gasteiger partial charge in [0, 0.05) is 25.2 Å². The number of amides is 1. The van der Waals surface area contributed by atoms with Gasteiger partial charge in [-0.3, -0.25) is 9.59 Å². The Labute approximate surface area is 161 Å². The normalized spacial score (nSPS) is 11.6. The zero-order chi connectivity index (χ0) is 20.5. The van der Waals surface area contributed by atoms with Gasteiger partial charge in [-0.05, 0) is 24.3 Å². The van der Waals surface area contributed by atoms with Crippen molar-refractivity contribution in [3.05, 3.63) is 58.5 Å². The first kappa shape index (κ1) is 19.5. The maximum absolute atomic E-state index is 12.7. The molecule has 9 nitrogen and oxygen atoms in total. The van der Waals surface area contributed by atoms with Gasteiger partial charge in [-0.1, -0.05) is 18.2 Å². The fourth-order valence-electron chi connectivity index (χ4n) is 2.63. The summed E-state index contributed by atoms with van der Waals surface area (Å²) in [5, 5.41) is 9.45. The van der Waals surface area contributed by atoms with E-state index in [0.29, 0.717) is 10.8 Å². The van der Waals surface area contributed by atoms with Gasteiger partial charge in [-0.15, -0.1) is 0 Å². The number of aromatic amines is 1. The quantitative estimate of drug-likeness (QED) is 0.666. The number of hydrogen-bond donors (Lipinski definition) is 2. The fourth-order valence-corrected chi connectivity index (χ4v) is 3.71. The van der Waals surface area contributed by atoms with Crippen LogP contribution in [0.3, 0.4) is 0 Å². The van der Waals surface area contributed by atoms with Crippen molar-refractivity contribution in [1.29, 1.82) is 0 Å². The number of carbonyl (C=O) groups is 1. The Morgan fingerprint density at radius 3 is 2.46 bits per heavy atom. The summed E-state index contributed by atoms with van der Waals surface area (Å²) >= 11 is 0. The second kappa shape index (κ2) is 7.41. The smallest absolute Gasteiger partial charge is 0.276 e. The molecule has 28 heavy (non-hydrogen) atoms. The molecule has 0 unspecified atom stereocenters. The van der Waals surface area contributed by atoms with E-state index in [4.69, 9.17) is 4.74 Å². The number of methoxy groups -OCH3 is 1. The minimum Gasteiger partial charge on any atom is -0.495 e. The lowest BCUT2D eigenvalue weighted by Gasteiger charge is -2.16. The van der Waals surface area contributed by atoms with Crippen LogP contribution in [0.25, 0.3) is 10.8 Å². The van der Waals surface area contributed by atoms with Gasteiger partial charge in [0.05, 0.1) is 12.5 Å². The minimum atomic E-state index is -3.79. The van der Waals surface area contributed by atoms with E-state index in [1.165, 1.54) is 39.4 Å².